The van der Waals surface area contributed by atoms with Gasteiger partial charge >= 0.3 is 7.60 Å². The number of anilines is 1. The number of halogens is 1. The lowest BCUT2D eigenvalue weighted by Gasteiger charge is -2.20. The SMILES string of the molecule is CCOP(=O)(OCC)C(F)C(=O)Nc1ccccc1C(C)=O. The molecule has 0 aromatic heterocycles. The summed E-state index contributed by atoms with van der Waals surface area (Å²) >= 11 is 0. The zero-order valence-corrected chi connectivity index (χ0v) is 13.6. The molecule has 1 N–H and O–H groups in total. The van der Waals surface area contributed by atoms with E-state index in [1.807, 2.05) is 0 Å². The minimum atomic E-state index is -4.21. The second-order valence-electron chi connectivity index (χ2n) is 4.30. The van der Waals surface area contributed by atoms with E-state index in [-0.39, 0.29) is 30.2 Å². The minimum Gasteiger partial charge on any atom is -0.322 e. The number of nitrogens with one attached hydrogen (secondary N) is 1. The molecule has 1 amide bonds. The van der Waals surface area contributed by atoms with Crippen LogP contribution in [0.2, 0.25) is 0 Å². The van der Waals surface area contributed by atoms with Crippen molar-refractivity contribution in [3.05, 3.63) is 29.8 Å². The summed E-state index contributed by atoms with van der Waals surface area (Å²) in [6, 6.07) is 6.15. The Kier molecular flexibility index (Phi) is 6.87. The molecule has 8 heteroatoms. The molecule has 6 nitrogen and oxygen atoms in total. The van der Waals surface area contributed by atoms with Gasteiger partial charge in [-0.25, -0.2) is 4.39 Å². The van der Waals surface area contributed by atoms with Crippen LogP contribution in [0, 0.1) is 0 Å². The number of hydrogen-bond acceptors (Lipinski definition) is 5. The van der Waals surface area contributed by atoms with Gasteiger partial charge in [0.15, 0.2) is 5.78 Å². The molecule has 0 aliphatic heterocycles. The molecular formula is C14H19FNO5P. The maximum Gasteiger partial charge on any atom is 0.374 e. The molecule has 0 radical (unpaired) electrons. The van der Waals surface area contributed by atoms with Gasteiger partial charge in [0.2, 0.25) is 0 Å². The normalized spacial score (nSPS) is 12.7. The van der Waals surface area contributed by atoms with Crippen LogP contribution in [0.1, 0.15) is 31.1 Å². The highest BCUT2D eigenvalue weighted by atomic mass is 31.2. The maximum absolute atomic E-state index is 14.2. The van der Waals surface area contributed by atoms with E-state index in [4.69, 9.17) is 9.05 Å². The molecule has 0 bridgehead atoms. The molecule has 122 valence electrons. The van der Waals surface area contributed by atoms with Gasteiger partial charge in [0, 0.05) is 5.56 Å². The van der Waals surface area contributed by atoms with E-state index in [9.17, 15) is 18.5 Å². The second kappa shape index (κ2) is 8.17. The van der Waals surface area contributed by atoms with Crippen molar-refractivity contribution < 1.29 is 27.6 Å². The predicted molar refractivity (Wildman–Crippen MR) is 80.8 cm³/mol. The number of amides is 1. The van der Waals surface area contributed by atoms with Crippen LogP contribution in [-0.4, -0.2) is 30.8 Å². The first-order chi connectivity index (χ1) is 10.4. The molecule has 1 unspecified atom stereocenters. The highest BCUT2D eigenvalue weighted by Gasteiger charge is 2.41. The average molecular weight is 331 g/mol. The zero-order valence-electron chi connectivity index (χ0n) is 12.7. The lowest BCUT2D eigenvalue weighted by Crippen LogP contribution is -2.26. The molecule has 0 aliphatic carbocycles. The monoisotopic (exact) mass is 331 g/mol. The first-order valence-electron chi connectivity index (χ1n) is 6.79. The van der Waals surface area contributed by atoms with Crippen molar-refractivity contribution in [3.8, 4) is 0 Å². The Balaban J connectivity index is 2.97. The van der Waals surface area contributed by atoms with Gasteiger partial charge in [0.25, 0.3) is 11.8 Å². The molecule has 0 aliphatic rings. The molecule has 0 spiro atoms. The van der Waals surface area contributed by atoms with Crippen molar-refractivity contribution in [2.24, 2.45) is 0 Å². The molecule has 0 saturated carbocycles. The molecule has 1 atom stereocenters. The van der Waals surface area contributed by atoms with Crippen LogP contribution < -0.4 is 5.32 Å². The average Bonchev–Trinajstić information content (AvgIpc) is 2.47. The summed E-state index contributed by atoms with van der Waals surface area (Å²) in [5.74, 6) is -3.95. The van der Waals surface area contributed by atoms with Crippen molar-refractivity contribution in [1.29, 1.82) is 0 Å². The van der Waals surface area contributed by atoms with Gasteiger partial charge in [-0.05, 0) is 32.9 Å². The van der Waals surface area contributed by atoms with Crippen molar-refractivity contribution in [1.82, 2.24) is 0 Å². The predicted octanol–water partition coefficient (Wildman–Crippen LogP) is 3.39. The topological polar surface area (TPSA) is 81.7 Å². The third-order valence-corrected chi connectivity index (χ3v) is 4.70. The van der Waals surface area contributed by atoms with Crippen molar-refractivity contribution in [2.75, 3.05) is 18.5 Å². The maximum atomic E-state index is 14.2. The highest BCUT2D eigenvalue weighted by Crippen LogP contribution is 2.53. The van der Waals surface area contributed by atoms with Gasteiger partial charge < -0.3 is 14.4 Å². The third kappa shape index (κ3) is 4.47. The van der Waals surface area contributed by atoms with Crippen molar-refractivity contribution in [3.63, 3.8) is 0 Å². The van der Waals surface area contributed by atoms with Crippen LogP contribution in [0.3, 0.4) is 0 Å². The van der Waals surface area contributed by atoms with Crippen LogP contribution >= 0.6 is 7.60 Å². The number of benzene rings is 1. The van der Waals surface area contributed by atoms with Gasteiger partial charge in [-0.15, -0.1) is 0 Å². The van der Waals surface area contributed by atoms with Crippen LogP contribution in [0.25, 0.3) is 0 Å². The van der Waals surface area contributed by atoms with Crippen LogP contribution in [-0.2, 0) is 18.4 Å². The lowest BCUT2D eigenvalue weighted by molar-refractivity contribution is -0.118. The third-order valence-electron chi connectivity index (χ3n) is 2.68. The van der Waals surface area contributed by atoms with E-state index in [0.717, 1.165) is 0 Å². The lowest BCUT2D eigenvalue weighted by atomic mass is 10.1. The molecule has 22 heavy (non-hydrogen) atoms. The second-order valence-corrected chi connectivity index (χ2v) is 6.35. The van der Waals surface area contributed by atoms with E-state index in [2.05, 4.69) is 5.32 Å². The van der Waals surface area contributed by atoms with Crippen molar-refractivity contribution in [2.45, 2.75) is 26.7 Å². The number of ketones is 1. The molecule has 0 saturated heterocycles. The van der Waals surface area contributed by atoms with Crippen molar-refractivity contribution >= 4 is 25.0 Å². The Hall–Kier alpha value is -1.56. The summed E-state index contributed by atoms with van der Waals surface area (Å²) in [5.41, 5.74) is 0.368. The number of alkyl halides is 1. The number of Topliss-reactive ketones (excluding diaryl/α,β-unsaturated/α-hetero) is 1. The van der Waals surface area contributed by atoms with Gasteiger partial charge in [0.05, 0.1) is 18.9 Å². The molecule has 1 aromatic carbocycles. The summed E-state index contributed by atoms with van der Waals surface area (Å²) in [5, 5.41) is 2.25. The van der Waals surface area contributed by atoms with E-state index >= 15 is 0 Å². The van der Waals surface area contributed by atoms with Gasteiger partial charge in [-0.3, -0.25) is 14.2 Å². The Labute approximate surface area is 128 Å². The number of hydrogen-bond donors (Lipinski definition) is 1. The first kappa shape index (κ1) is 18.5. The van der Waals surface area contributed by atoms with E-state index in [0.29, 0.717) is 0 Å². The van der Waals surface area contributed by atoms with Crippen LogP contribution in [0.4, 0.5) is 10.1 Å². The molecule has 0 heterocycles. The van der Waals surface area contributed by atoms with E-state index in [1.165, 1.54) is 32.9 Å². The fourth-order valence-electron chi connectivity index (χ4n) is 1.76. The molecule has 0 fully saturated rings. The molecule has 1 rings (SSSR count). The Morgan fingerprint density at radius 2 is 1.77 bits per heavy atom. The zero-order chi connectivity index (χ0) is 16.8. The molecule has 1 aromatic rings. The number of carbonyl (C=O) groups excluding carboxylic acids is 2. The fraction of sp³-hybridized carbons (Fsp3) is 0.429. The number of para-hydroxylation sites is 1. The van der Waals surface area contributed by atoms with E-state index < -0.39 is 19.4 Å². The highest BCUT2D eigenvalue weighted by molar-refractivity contribution is 7.55. The fourth-order valence-corrected chi connectivity index (χ4v) is 3.17. The summed E-state index contributed by atoms with van der Waals surface area (Å²) < 4.78 is 36.0. The van der Waals surface area contributed by atoms with Crippen LogP contribution in [0.15, 0.2) is 24.3 Å². The standard InChI is InChI=1S/C14H19FNO5P/c1-4-20-22(19,21-5-2)13(15)14(18)16-12-9-7-6-8-11(12)10(3)17/h6-9,13H,4-5H2,1-3H3,(H,16,18). The Morgan fingerprint density at radius 3 is 2.27 bits per heavy atom. The Morgan fingerprint density at radius 1 is 1.23 bits per heavy atom. The summed E-state index contributed by atoms with van der Waals surface area (Å²) in [7, 11) is -4.21. The van der Waals surface area contributed by atoms with Gasteiger partial charge in [-0.1, -0.05) is 12.1 Å². The largest absolute Gasteiger partial charge is 0.374 e. The van der Waals surface area contributed by atoms with Crippen LogP contribution in [0.5, 0.6) is 0 Å². The first-order valence-corrected chi connectivity index (χ1v) is 8.40. The summed E-state index contributed by atoms with van der Waals surface area (Å²) in [6.07, 6.45) is 0. The van der Waals surface area contributed by atoms with Gasteiger partial charge in [-0.2, -0.15) is 0 Å². The summed E-state index contributed by atoms with van der Waals surface area (Å²) in [6.45, 7) is 4.23. The number of carbonyl (C=O) groups is 2. The smallest absolute Gasteiger partial charge is 0.322 e. The molecular weight excluding hydrogens is 312 g/mol. The minimum absolute atomic E-state index is 0.0605. The Bertz CT molecular complexity index is 582. The van der Waals surface area contributed by atoms with Gasteiger partial charge in [0.1, 0.15) is 0 Å². The number of rotatable bonds is 8. The summed E-state index contributed by atoms with van der Waals surface area (Å²) in [4.78, 5) is 23.4. The quantitative estimate of drug-likeness (QED) is 0.583. The van der Waals surface area contributed by atoms with E-state index in [1.54, 1.807) is 12.1 Å².